The van der Waals surface area contributed by atoms with Gasteiger partial charge in [0.2, 0.25) is 5.95 Å². The largest absolute Gasteiger partial charge is 0.347 e. The predicted octanol–water partition coefficient (Wildman–Crippen LogP) is 3.33. The number of rotatable bonds is 5. The molecular weight excluding hydrogens is 326 g/mol. The third kappa shape index (κ3) is 4.22. The number of nitriles is 1. The molecule has 6 nitrogen and oxygen atoms in total. The summed E-state index contributed by atoms with van der Waals surface area (Å²) in [4.78, 5) is 20.7. The molecule has 0 radical (unpaired) electrons. The number of aryl methyl sites for hydroxylation is 1. The Labute approximate surface area is 151 Å². The summed E-state index contributed by atoms with van der Waals surface area (Å²) in [6.45, 7) is 2.43. The summed E-state index contributed by atoms with van der Waals surface area (Å²) < 4.78 is 0. The molecule has 0 aliphatic carbocycles. The zero-order valence-electron chi connectivity index (χ0n) is 14.2. The topological polar surface area (TPSA) is 90.7 Å². The fourth-order valence-electron chi connectivity index (χ4n) is 2.45. The Hall–Kier alpha value is -3.72. The smallest absolute Gasteiger partial charge is 0.270 e. The van der Waals surface area contributed by atoms with Crippen LogP contribution in [0.25, 0.3) is 0 Å². The van der Waals surface area contributed by atoms with Crippen molar-refractivity contribution in [3.05, 3.63) is 83.2 Å². The number of anilines is 2. The summed E-state index contributed by atoms with van der Waals surface area (Å²) in [5, 5.41) is 15.0. The third-order valence-electron chi connectivity index (χ3n) is 3.72. The lowest BCUT2D eigenvalue weighted by Gasteiger charge is -2.08. The minimum absolute atomic E-state index is 0.254. The minimum Gasteiger partial charge on any atom is -0.347 e. The van der Waals surface area contributed by atoms with Crippen molar-refractivity contribution in [2.24, 2.45) is 0 Å². The van der Waals surface area contributed by atoms with E-state index in [0.29, 0.717) is 17.8 Å². The van der Waals surface area contributed by atoms with E-state index in [1.54, 1.807) is 24.3 Å². The first kappa shape index (κ1) is 17.1. The average molecular weight is 343 g/mol. The summed E-state index contributed by atoms with van der Waals surface area (Å²) in [6, 6.07) is 18.6. The van der Waals surface area contributed by atoms with Crippen LogP contribution in [0.3, 0.4) is 0 Å². The van der Waals surface area contributed by atoms with Gasteiger partial charge in [0.1, 0.15) is 11.8 Å². The molecule has 128 valence electrons. The van der Waals surface area contributed by atoms with Crippen molar-refractivity contribution in [2.75, 3.05) is 5.32 Å². The number of aromatic nitrogens is 2. The maximum atomic E-state index is 12.3. The summed E-state index contributed by atoms with van der Waals surface area (Å²) in [5.41, 5.74) is 3.48. The fourth-order valence-corrected chi connectivity index (χ4v) is 2.45. The molecule has 0 spiro atoms. The van der Waals surface area contributed by atoms with E-state index < -0.39 is 0 Å². The highest BCUT2D eigenvalue weighted by Gasteiger charge is 2.10. The second kappa shape index (κ2) is 7.90. The van der Waals surface area contributed by atoms with Crippen LogP contribution >= 0.6 is 0 Å². The zero-order valence-corrected chi connectivity index (χ0v) is 14.2. The molecule has 0 aliphatic heterocycles. The first-order valence-corrected chi connectivity index (χ1v) is 8.08. The molecular formula is C20H17N5O. The van der Waals surface area contributed by atoms with Gasteiger partial charge in [-0.1, -0.05) is 42.0 Å². The van der Waals surface area contributed by atoms with Gasteiger partial charge in [-0.05, 0) is 30.7 Å². The molecule has 0 atom stereocenters. The molecule has 0 saturated carbocycles. The molecule has 2 aromatic carbocycles. The highest BCUT2D eigenvalue weighted by atomic mass is 16.1. The standard InChI is InChI=1S/C20H17N5O/c1-14-5-4-6-15(11-14)13-23-19(26)18-9-10-22-20(25-18)24-17-8-3-2-7-16(17)12-21/h2-11H,13H2,1H3,(H,23,26)(H,22,24,25). The number of amides is 1. The lowest BCUT2D eigenvalue weighted by molar-refractivity contribution is 0.0946. The number of nitrogens with zero attached hydrogens (tertiary/aromatic N) is 3. The van der Waals surface area contributed by atoms with Crippen molar-refractivity contribution in [3.8, 4) is 6.07 Å². The molecule has 0 saturated heterocycles. The summed E-state index contributed by atoms with van der Waals surface area (Å²) >= 11 is 0. The van der Waals surface area contributed by atoms with Gasteiger partial charge < -0.3 is 10.6 Å². The Bertz CT molecular complexity index is 978. The molecule has 1 aromatic heterocycles. The molecule has 0 bridgehead atoms. The highest BCUT2D eigenvalue weighted by molar-refractivity contribution is 5.92. The van der Waals surface area contributed by atoms with Crippen LogP contribution in [0.5, 0.6) is 0 Å². The molecule has 6 heteroatoms. The maximum Gasteiger partial charge on any atom is 0.270 e. The van der Waals surface area contributed by atoms with Gasteiger partial charge >= 0.3 is 0 Å². The van der Waals surface area contributed by atoms with Gasteiger partial charge in [0.25, 0.3) is 5.91 Å². The van der Waals surface area contributed by atoms with Crippen molar-refractivity contribution in [3.63, 3.8) is 0 Å². The van der Waals surface area contributed by atoms with E-state index in [4.69, 9.17) is 5.26 Å². The van der Waals surface area contributed by atoms with Crippen LogP contribution in [-0.4, -0.2) is 15.9 Å². The Balaban J connectivity index is 1.70. The highest BCUT2D eigenvalue weighted by Crippen LogP contribution is 2.17. The van der Waals surface area contributed by atoms with E-state index >= 15 is 0 Å². The van der Waals surface area contributed by atoms with Crippen LogP contribution in [0.4, 0.5) is 11.6 Å². The number of para-hydroxylation sites is 1. The maximum absolute atomic E-state index is 12.3. The molecule has 3 aromatic rings. The quantitative estimate of drug-likeness (QED) is 0.741. The van der Waals surface area contributed by atoms with Crippen molar-refractivity contribution in [2.45, 2.75) is 13.5 Å². The summed E-state index contributed by atoms with van der Waals surface area (Å²) in [5.74, 6) is -0.0265. The molecule has 26 heavy (non-hydrogen) atoms. The number of hydrogen-bond acceptors (Lipinski definition) is 5. The first-order valence-electron chi connectivity index (χ1n) is 8.08. The molecule has 1 amide bonds. The van der Waals surface area contributed by atoms with Gasteiger partial charge in [0.15, 0.2) is 0 Å². The molecule has 2 N–H and O–H groups in total. The Morgan fingerprint density at radius 2 is 2.00 bits per heavy atom. The van der Waals surface area contributed by atoms with Gasteiger partial charge in [-0.25, -0.2) is 9.97 Å². The third-order valence-corrected chi connectivity index (χ3v) is 3.72. The van der Waals surface area contributed by atoms with Crippen molar-refractivity contribution in [1.82, 2.24) is 15.3 Å². The van der Waals surface area contributed by atoms with E-state index in [9.17, 15) is 4.79 Å². The molecule has 3 rings (SSSR count). The number of nitrogens with one attached hydrogen (secondary N) is 2. The summed E-state index contributed by atoms with van der Waals surface area (Å²) in [6.07, 6.45) is 1.51. The van der Waals surface area contributed by atoms with E-state index in [1.807, 2.05) is 37.3 Å². The number of benzene rings is 2. The fraction of sp³-hybridized carbons (Fsp3) is 0.100. The van der Waals surface area contributed by atoms with Crippen molar-refractivity contribution in [1.29, 1.82) is 5.26 Å². The Kier molecular flexibility index (Phi) is 5.20. The van der Waals surface area contributed by atoms with Gasteiger partial charge in [-0.3, -0.25) is 4.79 Å². The predicted molar refractivity (Wildman–Crippen MR) is 98.8 cm³/mol. The number of hydrogen-bond donors (Lipinski definition) is 2. The van der Waals surface area contributed by atoms with Crippen LogP contribution in [0.15, 0.2) is 60.8 Å². The van der Waals surface area contributed by atoms with Crippen LogP contribution in [0, 0.1) is 18.3 Å². The van der Waals surface area contributed by atoms with Gasteiger partial charge in [-0.15, -0.1) is 0 Å². The van der Waals surface area contributed by atoms with Crippen LogP contribution in [-0.2, 0) is 6.54 Å². The van der Waals surface area contributed by atoms with Crippen molar-refractivity contribution < 1.29 is 4.79 Å². The second-order valence-electron chi connectivity index (χ2n) is 5.72. The minimum atomic E-state index is -0.287. The van der Waals surface area contributed by atoms with Gasteiger partial charge in [-0.2, -0.15) is 5.26 Å². The Morgan fingerprint density at radius 3 is 2.81 bits per heavy atom. The molecule has 1 heterocycles. The first-order chi connectivity index (χ1) is 12.7. The Morgan fingerprint density at radius 1 is 1.15 bits per heavy atom. The van der Waals surface area contributed by atoms with Gasteiger partial charge in [0, 0.05) is 12.7 Å². The van der Waals surface area contributed by atoms with E-state index in [-0.39, 0.29) is 17.5 Å². The van der Waals surface area contributed by atoms with E-state index in [2.05, 4.69) is 26.7 Å². The van der Waals surface area contributed by atoms with Crippen LogP contribution < -0.4 is 10.6 Å². The average Bonchev–Trinajstić information content (AvgIpc) is 2.67. The molecule has 0 aliphatic rings. The second-order valence-corrected chi connectivity index (χ2v) is 5.72. The van der Waals surface area contributed by atoms with Crippen LogP contribution in [0.2, 0.25) is 0 Å². The molecule has 0 unspecified atom stereocenters. The van der Waals surface area contributed by atoms with Crippen LogP contribution in [0.1, 0.15) is 27.2 Å². The molecule has 0 fully saturated rings. The zero-order chi connectivity index (χ0) is 18.4. The lowest BCUT2D eigenvalue weighted by atomic mass is 10.1. The number of carbonyl (C=O) groups excluding carboxylic acids is 1. The van der Waals surface area contributed by atoms with Gasteiger partial charge in [0.05, 0.1) is 11.3 Å². The van der Waals surface area contributed by atoms with E-state index in [0.717, 1.165) is 11.1 Å². The SMILES string of the molecule is Cc1cccc(CNC(=O)c2ccnc(Nc3ccccc3C#N)n2)c1. The summed E-state index contributed by atoms with van der Waals surface area (Å²) in [7, 11) is 0. The number of carbonyl (C=O) groups is 1. The normalized spacial score (nSPS) is 10.0. The van der Waals surface area contributed by atoms with E-state index in [1.165, 1.54) is 6.20 Å². The lowest BCUT2D eigenvalue weighted by Crippen LogP contribution is -2.24. The van der Waals surface area contributed by atoms with Crippen molar-refractivity contribution >= 4 is 17.5 Å². The monoisotopic (exact) mass is 343 g/mol.